The molecule has 92 valence electrons. The molecule has 0 aromatic carbocycles. The third-order valence-electron chi connectivity index (χ3n) is 2.66. The van der Waals surface area contributed by atoms with Gasteiger partial charge in [0.25, 0.3) is 0 Å². The van der Waals surface area contributed by atoms with Crippen molar-refractivity contribution in [1.29, 1.82) is 0 Å². The zero-order chi connectivity index (χ0) is 11.9. The summed E-state index contributed by atoms with van der Waals surface area (Å²) in [6, 6.07) is 0. The Labute approximate surface area is 99.7 Å². The van der Waals surface area contributed by atoms with Crippen LogP contribution in [0.1, 0.15) is 41.0 Å². The van der Waals surface area contributed by atoms with Crippen LogP contribution in [0.25, 0.3) is 0 Å². The second-order valence-electron chi connectivity index (χ2n) is 5.06. The summed E-state index contributed by atoms with van der Waals surface area (Å²) in [6.07, 6.45) is 1.13. The average Bonchev–Trinajstić information content (AvgIpc) is 2.10. The third kappa shape index (κ3) is 8.06. The molecular formula is C12H26ClNO. The Hall–Kier alpha value is 0.210. The van der Waals surface area contributed by atoms with Crippen LogP contribution >= 0.6 is 11.6 Å². The fourth-order valence-corrected chi connectivity index (χ4v) is 1.08. The van der Waals surface area contributed by atoms with Crippen LogP contribution in [0.4, 0.5) is 0 Å². The van der Waals surface area contributed by atoms with E-state index in [1.807, 2.05) is 6.92 Å². The molecule has 0 bridgehead atoms. The Kier molecular flexibility index (Phi) is 7.58. The molecule has 0 rings (SSSR count). The minimum Gasteiger partial charge on any atom is -0.380 e. The zero-order valence-corrected chi connectivity index (χ0v) is 11.5. The Morgan fingerprint density at radius 2 is 1.80 bits per heavy atom. The Morgan fingerprint density at radius 3 is 2.27 bits per heavy atom. The number of halogens is 1. The van der Waals surface area contributed by atoms with Crippen LogP contribution < -0.4 is 5.32 Å². The van der Waals surface area contributed by atoms with E-state index in [-0.39, 0.29) is 10.9 Å². The van der Waals surface area contributed by atoms with Crippen LogP contribution in [0.3, 0.4) is 0 Å². The predicted octanol–water partition coefficient (Wildman–Crippen LogP) is 3.04. The van der Waals surface area contributed by atoms with E-state index in [4.69, 9.17) is 16.3 Å². The fourth-order valence-electron chi connectivity index (χ4n) is 1.01. The van der Waals surface area contributed by atoms with Crippen LogP contribution in [0, 0.1) is 5.92 Å². The standard InChI is InChI=1S/C12H26ClNO/c1-10(2)6-8-15-9-7-14-12(4,5)11(3)13/h10-11,14H,6-9H2,1-5H3. The van der Waals surface area contributed by atoms with Crippen molar-refractivity contribution in [1.82, 2.24) is 5.32 Å². The molecule has 0 spiro atoms. The zero-order valence-electron chi connectivity index (χ0n) is 10.8. The Balaban J connectivity index is 3.39. The van der Waals surface area contributed by atoms with E-state index in [0.717, 1.165) is 32.1 Å². The van der Waals surface area contributed by atoms with Gasteiger partial charge in [-0.3, -0.25) is 0 Å². The highest BCUT2D eigenvalue weighted by molar-refractivity contribution is 6.21. The number of ether oxygens (including phenoxy) is 1. The molecule has 0 aromatic heterocycles. The topological polar surface area (TPSA) is 21.3 Å². The maximum atomic E-state index is 6.05. The van der Waals surface area contributed by atoms with Crippen molar-refractivity contribution in [2.45, 2.75) is 52.0 Å². The van der Waals surface area contributed by atoms with Crippen molar-refractivity contribution in [2.75, 3.05) is 19.8 Å². The molecule has 0 heterocycles. The molecule has 2 nitrogen and oxygen atoms in total. The number of hydrogen-bond acceptors (Lipinski definition) is 2. The molecule has 0 radical (unpaired) electrons. The van der Waals surface area contributed by atoms with Crippen molar-refractivity contribution < 1.29 is 4.74 Å². The second kappa shape index (κ2) is 7.48. The molecule has 0 saturated heterocycles. The van der Waals surface area contributed by atoms with Crippen LogP contribution in [-0.4, -0.2) is 30.7 Å². The maximum Gasteiger partial charge on any atom is 0.0591 e. The van der Waals surface area contributed by atoms with E-state index in [1.54, 1.807) is 0 Å². The summed E-state index contributed by atoms with van der Waals surface area (Å²) in [5.74, 6) is 0.720. The van der Waals surface area contributed by atoms with Gasteiger partial charge in [-0.1, -0.05) is 13.8 Å². The monoisotopic (exact) mass is 235 g/mol. The van der Waals surface area contributed by atoms with Gasteiger partial charge in [-0.2, -0.15) is 0 Å². The Bertz CT molecular complexity index is 158. The van der Waals surface area contributed by atoms with Crippen LogP contribution in [-0.2, 0) is 4.74 Å². The number of alkyl halides is 1. The minimum atomic E-state index is -0.0248. The molecule has 0 aliphatic heterocycles. The summed E-state index contributed by atoms with van der Waals surface area (Å²) in [6.45, 7) is 13.1. The number of rotatable bonds is 8. The van der Waals surface area contributed by atoms with Gasteiger partial charge in [-0.25, -0.2) is 0 Å². The van der Waals surface area contributed by atoms with E-state index in [0.29, 0.717) is 0 Å². The fraction of sp³-hybridized carbons (Fsp3) is 1.00. The molecule has 0 aliphatic carbocycles. The van der Waals surface area contributed by atoms with Gasteiger partial charge in [0, 0.05) is 24.1 Å². The molecule has 15 heavy (non-hydrogen) atoms. The van der Waals surface area contributed by atoms with Gasteiger partial charge >= 0.3 is 0 Å². The highest BCUT2D eigenvalue weighted by Crippen LogP contribution is 2.13. The van der Waals surface area contributed by atoms with Crippen molar-refractivity contribution in [2.24, 2.45) is 5.92 Å². The average molecular weight is 236 g/mol. The van der Waals surface area contributed by atoms with Crippen molar-refractivity contribution >= 4 is 11.6 Å². The van der Waals surface area contributed by atoms with Crippen molar-refractivity contribution in [3.8, 4) is 0 Å². The summed E-state index contributed by atoms with van der Waals surface area (Å²) < 4.78 is 5.51. The van der Waals surface area contributed by atoms with Crippen LogP contribution in [0.5, 0.6) is 0 Å². The lowest BCUT2D eigenvalue weighted by molar-refractivity contribution is 0.120. The summed E-state index contributed by atoms with van der Waals surface area (Å²) in [5, 5.41) is 3.51. The molecule has 3 heteroatoms. The van der Waals surface area contributed by atoms with Gasteiger partial charge < -0.3 is 10.1 Å². The number of nitrogens with one attached hydrogen (secondary N) is 1. The van der Waals surface area contributed by atoms with Crippen LogP contribution in [0.2, 0.25) is 0 Å². The molecule has 0 aromatic rings. The molecule has 0 aliphatic rings. The summed E-state index contributed by atoms with van der Waals surface area (Å²) >= 11 is 6.05. The van der Waals surface area contributed by atoms with Gasteiger partial charge in [0.1, 0.15) is 0 Å². The van der Waals surface area contributed by atoms with E-state index in [9.17, 15) is 0 Å². The van der Waals surface area contributed by atoms with Crippen molar-refractivity contribution in [3.05, 3.63) is 0 Å². The lowest BCUT2D eigenvalue weighted by Crippen LogP contribution is -2.47. The van der Waals surface area contributed by atoms with E-state index in [1.165, 1.54) is 0 Å². The van der Waals surface area contributed by atoms with E-state index >= 15 is 0 Å². The second-order valence-corrected chi connectivity index (χ2v) is 5.71. The number of hydrogen-bond donors (Lipinski definition) is 1. The SMILES string of the molecule is CC(C)CCOCCNC(C)(C)C(C)Cl. The molecule has 0 fully saturated rings. The van der Waals surface area contributed by atoms with Crippen LogP contribution in [0.15, 0.2) is 0 Å². The van der Waals surface area contributed by atoms with E-state index in [2.05, 4.69) is 33.0 Å². The first kappa shape index (κ1) is 15.2. The highest BCUT2D eigenvalue weighted by atomic mass is 35.5. The molecule has 0 saturated carbocycles. The summed E-state index contributed by atoms with van der Waals surface area (Å²) in [5.41, 5.74) is -0.0248. The maximum absolute atomic E-state index is 6.05. The first-order valence-corrected chi connectivity index (χ1v) is 6.26. The predicted molar refractivity (Wildman–Crippen MR) is 67.7 cm³/mol. The van der Waals surface area contributed by atoms with Gasteiger partial charge in [0.05, 0.1) is 6.61 Å². The lowest BCUT2D eigenvalue weighted by atomic mass is 10.0. The molecule has 1 atom stereocenters. The third-order valence-corrected chi connectivity index (χ3v) is 3.21. The molecule has 1 unspecified atom stereocenters. The van der Waals surface area contributed by atoms with Gasteiger partial charge in [0.2, 0.25) is 0 Å². The highest BCUT2D eigenvalue weighted by Gasteiger charge is 2.22. The van der Waals surface area contributed by atoms with Gasteiger partial charge in [-0.15, -0.1) is 11.6 Å². The first-order chi connectivity index (χ1) is 6.86. The van der Waals surface area contributed by atoms with Gasteiger partial charge in [-0.05, 0) is 33.1 Å². The lowest BCUT2D eigenvalue weighted by Gasteiger charge is -2.29. The minimum absolute atomic E-state index is 0.0248. The molecular weight excluding hydrogens is 210 g/mol. The largest absolute Gasteiger partial charge is 0.380 e. The van der Waals surface area contributed by atoms with Gasteiger partial charge in [0.15, 0.2) is 0 Å². The quantitative estimate of drug-likeness (QED) is 0.516. The van der Waals surface area contributed by atoms with E-state index < -0.39 is 0 Å². The molecule has 0 amide bonds. The Morgan fingerprint density at radius 1 is 1.20 bits per heavy atom. The normalized spacial score (nSPS) is 14.6. The summed E-state index contributed by atoms with van der Waals surface area (Å²) in [7, 11) is 0. The first-order valence-electron chi connectivity index (χ1n) is 5.83. The smallest absolute Gasteiger partial charge is 0.0591 e. The molecule has 1 N–H and O–H groups in total. The van der Waals surface area contributed by atoms with Crippen molar-refractivity contribution in [3.63, 3.8) is 0 Å². The summed E-state index contributed by atoms with van der Waals surface area (Å²) in [4.78, 5) is 0.